The Balaban J connectivity index is 2.16. The van der Waals surface area contributed by atoms with Gasteiger partial charge in [-0.1, -0.05) is 26.0 Å². The maximum absolute atomic E-state index is 10.7. The highest BCUT2D eigenvalue weighted by atomic mass is 16.6. The second-order valence-electron chi connectivity index (χ2n) is 6.10. The lowest BCUT2D eigenvalue weighted by Crippen LogP contribution is -2.38. The number of nitro groups is 1. The Morgan fingerprint density at radius 3 is 2.21 bits per heavy atom. The van der Waals surface area contributed by atoms with Crippen molar-refractivity contribution in [3.05, 3.63) is 39.9 Å². The van der Waals surface area contributed by atoms with Crippen LogP contribution in [0.1, 0.15) is 32.3 Å². The average Bonchev–Trinajstić information content (AvgIpc) is 2.39. The monoisotopic (exact) mass is 262 g/mol. The third kappa shape index (κ3) is 2.95. The third-order valence-corrected chi connectivity index (χ3v) is 4.56. The Hall–Kier alpha value is -1.42. The molecule has 104 valence electrons. The zero-order chi connectivity index (χ0) is 14.0. The fourth-order valence-corrected chi connectivity index (χ4v) is 2.98. The fourth-order valence-electron chi connectivity index (χ4n) is 2.98. The number of rotatable bonds is 3. The first-order valence-electron chi connectivity index (χ1n) is 6.84. The van der Waals surface area contributed by atoms with Crippen molar-refractivity contribution >= 4 is 5.69 Å². The van der Waals surface area contributed by atoms with Gasteiger partial charge in [0.25, 0.3) is 5.69 Å². The van der Waals surface area contributed by atoms with Gasteiger partial charge in [-0.3, -0.25) is 10.1 Å². The fraction of sp³-hybridized carbons (Fsp3) is 0.600. The predicted molar refractivity (Wildman–Crippen MR) is 76.3 cm³/mol. The molecule has 1 aliphatic heterocycles. The normalized spacial score (nSPS) is 18.5. The maximum Gasteiger partial charge on any atom is 0.269 e. The summed E-state index contributed by atoms with van der Waals surface area (Å²) in [5.74, 6) is 0.644. The van der Waals surface area contributed by atoms with Gasteiger partial charge in [0, 0.05) is 12.1 Å². The molecule has 4 heteroatoms. The molecular formula is C15H22N2O2. The molecule has 0 saturated carbocycles. The van der Waals surface area contributed by atoms with Crippen LogP contribution in [-0.4, -0.2) is 30.0 Å². The maximum atomic E-state index is 10.7. The summed E-state index contributed by atoms with van der Waals surface area (Å²) in [6, 6.07) is 7.06. The van der Waals surface area contributed by atoms with E-state index in [2.05, 4.69) is 25.8 Å². The SMILES string of the molecule is CN1CCC(C(C)(C)c2ccc([N+](=O)[O-])cc2)CC1. The zero-order valence-corrected chi connectivity index (χ0v) is 11.9. The van der Waals surface area contributed by atoms with E-state index in [1.807, 2.05) is 12.1 Å². The molecule has 4 nitrogen and oxygen atoms in total. The van der Waals surface area contributed by atoms with E-state index < -0.39 is 0 Å². The van der Waals surface area contributed by atoms with E-state index in [9.17, 15) is 10.1 Å². The molecule has 0 radical (unpaired) electrons. The van der Waals surface area contributed by atoms with Gasteiger partial charge in [0.05, 0.1) is 4.92 Å². The molecule has 0 N–H and O–H groups in total. The highest BCUT2D eigenvalue weighted by Crippen LogP contribution is 2.38. The number of hydrogen-bond donors (Lipinski definition) is 0. The van der Waals surface area contributed by atoms with Gasteiger partial charge in [-0.05, 0) is 49.9 Å². The van der Waals surface area contributed by atoms with Gasteiger partial charge < -0.3 is 4.90 Å². The van der Waals surface area contributed by atoms with Crippen molar-refractivity contribution in [2.75, 3.05) is 20.1 Å². The van der Waals surface area contributed by atoms with Crippen LogP contribution in [0.4, 0.5) is 5.69 Å². The van der Waals surface area contributed by atoms with E-state index in [0.29, 0.717) is 5.92 Å². The summed E-state index contributed by atoms with van der Waals surface area (Å²) in [6.45, 7) is 6.79. The van der Waals surface area contributed by atoms with Crippen molar-refractivity contribution in [2.45, 2.75) is 32.1 Å². The number of nitro benzene ring substituents is 1. The molecule has 0 spiro atoms. The van der Waals surface area contributed by atoms with Gasteiger partial charge in [0.2, 0.25) is 0 Å². The van der Waals surface area contributed by atoms with Crippen LogP contribution in [0.5, 0.6) is 0 Å². The highest BCUT2D eigenvalue weighted by Gasteiger charge is 2.33. The molecule has 0 aromatic heterocycles. The number of non-ortho nitro benzene ring substituents is 1. The first-order valence-corrected chi connectivity index (χ1v) is 6.84. The van der Waals surface area contributed by atoms with Gasteiger partial charge in [-0.25, -0.2) is 0 Å². The molecule has 1 aromatic carbocycles. The first kappa shape index (κ1) is 14.0. The summed E-state index contributed by atoms with van der Waals surface area (Å²) < 4.78 is 0. The molecule has 0 unspecified atom stereocenters. The Labute approximate surface area is 114 Å². The molecule has 0 amide bonds. The van der Waals surface area contributed by atoms with Crippen LogP contribution >= 0.6 is 0 Å². The second kappa shape index (κ2) is 5.29. The molecule has 1 heterocycles. The largest absolute Gasteiger partial charge is 0.306 e. The van der Waals surface area contributed by atoms with Gasteiger partial charge in [-0.2, -0.15) is 0 Å². The van der Waals surface area contributed by atoms with Gasteiger partial charge in [0.15, 0.2) is 0 Å². The molecule has 19 heavy (non-hydrogen) atoms. The van der Waals surface area contributed by atoms with E-state index >= 15 is 0 Å². The number of piperidine rings is 1. The van der Waals surface area contributed by atoms with E-state index in [-0.39, 0.29) is 16.0 Å². The van der Waals surface area contributed by atoms with E-state index in [4.69, 9.17) is 0 Å². The summed E-state index contributed by atoms with van der Waals surface area (Å²) in [5, 5.41) is 10.7. The molecule has 0 aliphatic carbocycles. The van der Waals surface area contributed by atoms with Crippen LogP contribution in [-0.2, 0) is 5.41 Å². The molecule has 1 aromatic rings. The summed E-state index contributed by atoms with van der Waals surface area (Å²) in [6.07, 6.45) is 2.39. The lowest BCUT2D eigenvalue weighted by Gasteiger charge is -2.40. The first-order chi connectivity index (χ1) is 8.91. The van der Waals surface area contributed by atoms with Crippen molar-refractivity contribution in [3.63, 3.8) is 0 Å². The number of nitrogens with zero attached hydrogens (tertiary/aromatic N) is 2. The minimum absolute atomic E-state index is 0.0798. The van der Waals surface area contributed by atoms with Crippen molar-refractivity contribution in [1.29, 1.82) is 0 Å². The smallest absolute Gasteiger partial charge is 0.269 e. The third-order valence-electron chi connectivity index (χ3n) is 4.56. The molecule has 0 bridgehead atoms. The van der Waals surface area contributed by atoms with Crippen molar-refractivity contribution in [3.8, 4) is 0 Å². The standard InChI is InChI=1S/C15H22N2O2/c1-15(2,13-8-10-16(3)11-9-13)12-4-6-14(7-5-12)17(18)19/h4-7,13H,8-11H2,1-3H3. The van der Waals surface area contributed by atoms with Crippen LogP contribution in [0.15, 0.2) is 24.3 Å². The summed E-state index contributed by atoms with van der Waals surface area (Å²) in [5.41, 5.74) is 1.45. The molecule has 1 fully saturated rings. The summed E-state index contributed by atoms with van der Waals surface area (Å²) in [4.78, 5) is 12.7. The predicted octanol–water partition coefficient (Wildman–Crippen LogP) is 3.21. The minimum atomic E-state index is -0.341. The second-order valence-corrected chi connectivity index (χ2v) is 6.10. The Kier molecular flexibility index (Phi) is 3.90. The molecule has 1 aliphatic rings. The van der Waals surface area contributed by atoms with Crippen LogP contribution in [0.3, 0.4) is 0 Å². The van der Waals surface area contributed by atoms with E-state index in [1.165, 1.54) is 18.4 Å². The Morgan fingerprint density at radius 1 is 1.21 bits per heavy atom. The molecular weight excluding hydrogens is 240 g/mol. The van der Waals surface area contributed by atoms with Gasteiger partial charge >= 0.3 is 0 Å². The average molecular weight is 262 g/mol. The van der Waals surface area contributed by atoms with Crippen LogP contribution < -0.4 is 0 Å². The van der Waals surface area contributed by atoms with Crippen molar-refractivity contribution in [1.82, 2.24) is 4.90 Å². The number of likely N-dealkylation sites (tertiary alicyclic amines) is 1. The zero-order valence-electron chi connectivity index (χ0n) is 11.9. The lowest BCUT2D eigenvalue weighted by molar-refractivity contribution is -0.384. The highest BCUT2D eigenvalue weighted by molar-refractivity contribution is 5.36. The Morgan fingerprint density at radius 2 is 1.74 bits per heavy atom. The minimum Gasteiger partial charge on any atom is -0.306 e. The van der Waals surface area contributed by atoms with E-state index in [0.717, 1.165) is 13.1 Å². The van der Waals surface area contributed by atoms with E-state index in [1.54, 1.807) is 12.1 Å². The number of benzene rings is 1. The van der Waals surface area contributed by atoms with Crippen LogP contribution in [0.2, 0.25) is 0 Å². The quantitative estimate of drug-likeness (QED) is 0.620. The summed E-state index contributed by atoms with van der Waals surface area (Å²) >= 11 is 0. The van der Waals surface area contributed by atoms with Gasteiger partial charge in [-0.15, -0.1) is 0 Å². The van der Waals surface area contributed by atoms with Gasteiger partial charge in [0.1, 0.15) is 0 Å². The topological polar surface area (TPSA) is 46.4 Å². The lowest BCUT2D eigenvalue weighted by atomic mass is 9.69. The van der Waals surface area contributed by atoms with Crippen molar-refractivity contribution < 1.29 is 4.92 Å². The molecule has 2 rings (SSSR count). The van der Waals surface area contributed by atoms with Crippen LogP contribution in [0, 0.1) is 16.0 Å². The van der Waals surface area contributed by atoms with Crippen LogP contribution in [0.25, 0.3) is 0 Å². The Bertz CT molecular complexity index is 446. The molecule has 1 saturated heterocycles. The van der Waals surface area contributed by atoms with Crippen molar-refractivity contribution in [2.24, 2.45) is 5.92 Å². The summed E-state index contributed by atoms with van der Waals surface area (Å²) in [7, 11) is 2.16. The number of hydrogen-bond acceptors (Lipinski definition) is 3. The molecule has 0 atom stereocenters.